The van der Waals surface area contributed by atoms with Crippen molar-refractivity contribution in [2.45, 2.75) is 85.0 Å². The molecule has 0 bridgehead atoms. The first kappa shape index (κ1) is 24.9. The lowest BCUT2D eigenvalue weighted by molar-refractivity contribution is 0.817. The van der Waals surface area contributed by atoms with Gasteiger partial charge in [0.1, 0.15) is 0 Å². The van der Waals surface area contributed by atoms with E-state index in [-0.39, 0.29) is 5.92 Å². The molecule has 0 aromatic heterocycles. The maximum absolute atomic E-state index is 6.66. The second kappa shape index (κ2) is 10.0. The number of hydrogen-bond donors (Lipinski definition) is 2. The molecule has 0 saturated carbocycles. The molecule has 0 spiro atoms. The summed E-state index contributed by atoms with van der Waals surface area (Å²) in [4.78, 5) is 0. The minimum absolute atomic E-state index is 0.123. The fraction of sp³-hybridized carbons (Fsp3) is 0.419. The van der Waals surface area contributed by atoms with Crippen molar-refractivity contribution in [3.8, 4) is 0 Å². The summed E-state index contributed by atoms with van der Waals surface area (Å²) in [6.07, 6.45) is 0. The van der Waals surface area contributed by atoms with Crippen LogP contribution in [0.4, 0.5) is 11.4 Å². The first-order valence-corrected chi connectivity index (χ1v) is 12.4. The number of benzene rings is 3. The van der Waals surface area contributed by atoms with E-state index in [1.807, 2.05) is 0 Å². The Kier molecular flexibility index (Phi) is 7.57. The minimum atomic E-state index is 0.123. The fourth-order valence-corrected chi connectivity index (χ4v) is 4.91. The lowest BCUT2D eigenvalue weighted by Crippen LogP contribution is -2.12. The summed E-state index contributed by atoms with van der Waals surface area (Å²) < 4.78 is 0. The van der Waals surface area contributed by atoms with Gasteiger partial charge in [-0.2, -0.15) is 0 Å². The highest BCUT2D eigenvalue weighted by molar-refractivity contribution is 5.63. The van der Waals surface area contributed by atoms with Gasteiger partial charge >= 0.3 is 0 Å². The van der Waals surface area contributed by atoms with Crippen LogP contribution in [0.1, 0.15) is 124 Å². The van der Waals surface area contributed by atoms with Crippen LogP contribution in [0.25, 0.3) is 0 Å². The molecule has 0 fully saturated rings. The molecule has 0 atom stereocenters. The lowest BCUT2D eigenvalue weighted by atomic mass is 9.78. The predicted molar refractivity (Wildman–Crippen MR) is 145 cm³/mol. The number of nitrogen functional groups attached to an aromatic ring is 2. The van der Waals surface area contributed by atoms with E-state index in [1.54, 1.807) is 0 Å². The Balaban J connectivity index is 2.37. The van der Waals surface area contributed by atoms with Crippen molar-refractivity contribution in [2.75, 3.05) is 11.5 Å². The molecule has 3 rings (SSSR count). The van der Waals surface area contributed by atoms with Crippen LogP contribution in [0, 0.1) is 0 Å². The summed E-state index contributed by atoms with van der Waals surface area (Å²) in [6.45, 7) is 17.8. The molecule has 0 radical (unpaired) electrons. The monoisotopic (exact) mass is 442 g/mol. The molecule has 33 heavy (non-hydrogen) atoms. The maximum atomic E-state index is 6.66. The molecule has 0 aliphatic carbocycles. The molecule has 3 aromatic carbocycles. The van der Waals surface area contributed by atoms with Crippen molar-refractivity contribution >= 4 is 11.4 Å². The standard InChI is InChI=1S/C31H42N2/c1-18(2)25-14-23(15-26(19(3)4)30(25)32)29(22-12-10-9-11-13-22)24-16-27(20(5)6)31(33)28(17-24)21(7)8/h9-21,29H,32-33H2,1-8H3. The normalized spacial score (nSPS) is 12.0. The predicted octanol–water partition coefficient (Wildman–Crippen LogP) is 8.52. The van der Waals surface area contributed by atoms with Gasteiger partial charge in [-0.25, -0.2) is 0 Å². The van der Waals surface area contributed by atoms with Gasteiger partial charge in [0, 0.05) is 17.3 Å². The van der Waals surface area contributed by atoms with Gasteiger partial charge in [0.25, 0.3) is 0 Å². The number of rotatable bonds is 7. The third-order valence-electron chi connectivity index (χ3n) is 6.82. The third-order valence-corrected chi connectivity index (χ3v) is 6.82. The number of anilines is 2. The van der Waals surface area contributed by atoms with Crippen molar-refractivity contribution in [1.82, 2.24) is 0 Å². The van der Waals surface area contributed by atoms with Gasteiger partial charge in [0.2, 0.25) is 0 Å². The molecule has 3 aromatic rings. The zero-order chi connectivity index (χ0) is 24.4. The summed E-state index contributed by atoms with van der Waals surface area (Å²) in [5.41, 5.74) is 24.1. The van der Waals surface area contributed by atoms with Crippen molar-refractivity contribution in [1.29, 1.82) is 0 Å². The van der Waals surface area contributed by atoms with Gasteiger partial charge in [-0.3, -0.25) is 0 Å². The zero-order valence-corrected chi connectivity index (χ0v) is 21.7. The van der Waals surface area contributed by atoms with Crippen LogP contribution in [0.5, 0.6) is 0 Å². The fourth-order valence-electron chi connectivity index (χ4n) is 4.91. The van der Waals surface area contributed by atoms with Gasteiger partial charge in [0.15, 0.2) is 0 Å². The SMILES string of the molecule is CC(C)c1cc(C(c2ccccc2)c2cc(C(C)C)c(N)c(C(C)C)c2)cc(C(C)C)c1N. The van der Waals surface area contributed by atoms with Crippen LogP contribution in [0.2, 0.25) is 0 Å². The average Bonchev–Trinajstić information content (AvgIpc) is 2.75. The molecular formula is C31H42N2. The van der Waals surface area contributed by atoms with Crippen molar-refractivity contribution in [2.24, 2.45) is 0 Å². The quantitative estimate of drug-likeness (QED) is 0.284. The van der Waals surface area contributed by atoms with Gasteiger partial charge in [0.05, 0.1) is 0 Å². The molecular weight excluding hydrogens is 400 g/mol. The van der Waals surface area contributed by atoms with Crippen LogP contribution in [-0.4, -0.2) is 0 Å². The van der Waals surface area contributed by atoms with E-state index in [0.29, 0.717) is 23.7 Å². The smallest absolute Gasteiger partial charge is 0.0384 e. The van der Waals surface area contributed by atoms with Gasteiger partial charge in [-0.05, 0) is 62.6 Å². The van der Waals surface area contributed by atoms with Gasteiger partial charge in [-0.15, -0.1) is 0 Å². The molecule has 176 valence electrons. The summed E-state index contributed by atoms with van der Waals surface area (Å²) >= 11 is 0. The molecule has 2 nitrogen and oxygen atoms in total. The molecule has 0 aliphatic heterocycles. The van der Waals surface area contributed by atoms with Crippen LogP contribution in [0.15, 0.2) is 54.6 Å². The summed E-state index contributed by atoms with van der Waals surface area (Å²) in [7, 11) is 0. The Hall–Kier alpha value is -2.74. The van der Waals surface area contributed by atoms with Crippen LogP contribution in [-0.2, 0) is 0 Å². The molecule has 0 heterocycles. The highest BCUT2D eigenvalue weighted by Crippen LogP contribution is 2.41. The van der Waals surface area contributed by atoms with E-state index in [0.717, 1.165) is 11.4 Å². The van der Waals surface area contributed by atoms with Crippen LogP contribution < -0.4 is 11.5 Å². The number of nitrogens with two attached hydrogens (primary N) is 2. The van der Waals surface area contributed by atoms with E-state index in [9.17, 15) is 0 Å². The molecule has 4 N–H and O–H groups in total. The molecule has 0 saturated heterocycles. The van der Waals surface area contributed by atoms with Crippen LogP contribution >= 0.6 is 0 Å². The second-order valence-corrected chi connectivity index (χ2v) is 10.7. The third kappa shape index (κ3) is 5.11. The second-order valence-electron chi connectivity index (χ2n) is 10.7. The van der Waals surface area contributed by atoms with Crippen LogP contribution in [0.3, 0.4) is 0 Å². The van der Waals surface area contributed by atoms with Gasteiger partial charge in [-0.1, -0.05) is 110 Å². The van der Waals surface area contributed by atoms with E-state index >= 15 is 0 Å². The average molecular weight is 443 g/mol. The Labute approximate surface area is 201 Å². The summed E-state index contributed by atoms with van der Waals surface area (Å²) in [5, 5.41) is 0. The lowest BCUT2D eigenvalue weighted by Gasteiger charge is -2.27. The number of hydrogen-bond acceptors (Lipinski definition) is 2. The van der Waals surface area contributed by atoms with E-state index in [4.69, 9.17) is 11.5 Å². The Morgan fingerprint density at radius 1 is 0.455 bits per heavy atom. The molecule has 2 heteroatoms. The summed E-state index contributed by atoms with van der Waals surface area (Å²) in [5.74, 6) is 1.58. The van der Waals surface area contributed by atoms with E-state index in [1.165, 1.54) is 38.9 Å². The van der Waals surface area contributed by atoms with E-state index < -0.39 is 0 Å². The highest BCUT2D eigenvalue weighted by Gasteiger charge is 2.24. The summed E-state index contributed by atoms with van der Waals surface area (Å²) in [6, 6.07) is 20.2. The largest absolute Gasteiger partial charge is 0.398 e. The topological polar surface area (TPSA) is 52.0 Å². The first-order valence-electron chi connectivity index (χ1n) is 12.4. The van der Waals surface area contributed by atoms with E-state index in [2.05, 4.69) is 110 Å². The van der Waals surface area contributed by atoms with Crippen molar-refractivity contribution in [3.05, 3.63) is 93.5 Å². The highest BCUT2D eigenvalue weighted by atomic mass is 14.6. The zero-order valence-electron chi connectivity index (χ0n) is 21.7. The van der Waals surface area contributed by atoms with Gasteiger partial charge < -0.3 is 11.5 Å². The Bertz CT molecular complexity index is 964. The van der Waals surface area contributed by atoms with Crippen molar-refractivity contribution in [3.63, 3.8) is 0 Å². The molecule has 0 unspecified atom stereocenters. The maximum Gasteiger partial charge on any atom is 0.0384 e. The first-order chi connectivity index (χ1) is 15.5. The molecule has 0 aliphatic rings. The molecule has 0 amide bonds. The minimum Gasteiger partial charge on any atom is -0.398 e. The van der Waals surface area contributed by atoms with Crippen molar-refractivity contribution < 1.29 is 0 Å². The Morgan fingerprint density at radius 3 is 1.03 bits per heavy atom. The Morgan fingerprint density at radius 2 is 0.758 bits per heavy atom.